The van der Waals surface area contributed by atoms with Crippen molar-refractivity contribution in [2.75, 3.05) is 20.3 Å². The van der Waals surface area contributed by atoms with E-state index in [9.17, 15) is 4.79 Å². The Labute approximate surface area is 198 Å². The van der Waals surface area contributed by atoms with Gasteiger partial charge in [-0.1, -0.05) is 13.0 Å². The average molecular weight is 468 g/mol. The van der Waals surface area contributed by atoms with Crippen LogP contribution in [-0.4, -0.2) is 36.4 Å². The highest BCUT2D eigenvalue weighted by Crippen LogP contribution is 2.37. The first-order valence-electron chi connectivity index (χ1n) is 11.3. The number of aliphatic carboxylic acids is 1. The summed E-state index contributed by atoms with van der Waals surface area (Å²) < 4.78 is 17.4. The molecule has 0 saturated heterocycles. The number of carbonyl (C=O) groups is 1. The second kappa shape index (κ2) is 10.7. The fraction of sp³-hybridized carbons (Fsp3) is 0.385. The maximum Gasteiger partial charge on any atom is 0.303 e. The van der Waals surface area contributed by atoms with Crippen molar-refractivity contribution in [2.45, 2.75) is 44.9 Å². The van der Waals surface area contributed by atoms with Crippen LogP contribution in [0.3, 0.4) is 0 Å². The molecule has 174 valence electrons. The van der Waals surface area contributed by atoms with E-state index >= 15 is 0 Å². The second-order valence-corrected chi connectivity index (χ2v) is 8.97. The first-order chi connectivity index (χ1) is 16.1. The number of nitrogens with zero attached hydrogens (tertiary/aromatic N) is 1. The second-order valence-electron chi connectivity index (χ2n) is 8.11. The van der Waals surface area contributed by atoms with E-state index in [-0.39, 0.29) is 12.3 Å². The molecule has 0 unspecified atom stereocenters. The molecule has 0 spiro atoms. The molecule has 6 nitrogen and oxygen atoms in total. The zero-order valence-corrected chi connectivity index (χ0v) is 19.8. The molecule has 1 N–H and O–H groups in total. The van der Waals surface area contributed by atoms with Crippen LogP contribution in [0.4, 0.5) is 0 Å². The highest BCUT2D eigenvalue weighted by molar-refractivity contribution is 7.13. The van der Waals surface area contributed by atoms with Gasteiger partial charge in [0.2, 0.25) is 0 Å². The van der Waals surface area contributed by atoms with E-state index < -0.39 is 5.97 Å². The molecular formula is C26H29NO5S. The van der Waals surface area contributed by atoms with Crippen molar-refractivity contribution in [3.05, 3.63) is 58.6 Å². The number of hydrogen-bond acceptors (Lipinski definition) is 6. The SMILES string of the molecule is CCc1csc(-c2ccc(OCCCOc3ccc4c(c3)CC[C@H]4CC(=O)O)c(OC)c2)n1. The highest BCUT2D eigenvalue weighted by Gasteiger charge is 2.24. The van der Waals surface area contributed by atoms with E-state index in [0.29, 0.717) is 24.7 Å². The number of rotatable bonds is 11. The summed E-state index contributed by atoms with van der Waals surface area (Å²) in [6, 6.07) is 11.9. The number of aryl methyl sites for hydroxylation is 2. The van der Waals surface area contributed by atoms with Gasteiger partial charge in [0.05, 0.1) is 32.4 Å². The minimum absolute atomic E-state index is 0.116. The standard InChI is InChI=1S/C26H29NO5S/c1-3-20-16-33-26(27-20)19-7-10-23(24(14-19)30-2)32-12-4-11-31-21-8-9-22-17(13-21)5-6-18(22)15-25(28)29/h7-10,13-14,16,18H,3-6,11-12,15H2,1-2H3,(H,28,29)/t18-/m0/s1. The lowest BCUT2D eigenvalue weighted by atomic mass is 9.98. The van der Waals surface area contributed by atoms with Gasteiger partial charge in [0.25, 0.3) is 0 Å². The molecule has 0 amide bonds. The molecule has 1 aromatic heterocycles. The lowest BCUT2D eigenvalue weighted by Crippen LogP contribution is -2.06. The van der Waals surface area contributed by atoms with Crippen molar-refractivity contribution in [2.24, 2.45) is 0 Å². The predicted molar refractivity (Wildman–Crippen MR) is 129 cm³/mol. The number of carboxylic acid groups (broad SMARTS) is 1. The molecule has 0 saturated carbocycles. The number of methoxy groups -OCH3 is 1. The Morgan fingerprint density at radius 2 is 2.00 bits per heavy atom. The number of thiazole rings is 1. The predicted octanol–water partition coefficient (Wildman–Crippen LogP) is 5.73. The van der Waals surface area contributed by atoms with Crippen LogP contribution in [0.15, 0.2) is 41.8 Å². The van der Waals surface area contributed by atoms with Crippen molar-refractivity contribution >= 4 is 17.3 Å². The Balaban J connectivity index is 1.27. The molecule has 33 heavy (non-hydrogen) atoms. The number of fused-ring (bicyclic) bond motifs is 1. The molecular weight excluding hydrogens is 438 g/mol. The van der Waals surface area contributed by atoms with Crippen LogP contribution in [-0.2, 0) is 17.6 Å². The van der Waals surface area contributed by atoms with Crippen LogP contribution in [0.5, 0.6) is 17.2 Å². The van der Waals surface area contributed by atoms with Crippen LogP contribution < -0.4 is 14.2 Å². The highest BCUT2D eigenvalue weighted by atomic mass is 32.1. The summed E-state index contributed by atoms with van der Waals surface area (Å²) in [6.07, 6.45) is 3.65. The fourth-order valence-corrected chi connectivity index (χ4v) is 5.05. The van der Waals surface area contributed by atoms with Gasteiger partial charge in [0, 0.05) is 17.4 Å². The van der Waals surface area contributed by atoms with Crippen molar-refractivity contribution in [3.63, 3.8) is 0 Å². The minimum Gasteiger partial charge on any atom is -0.493 e. The average Bonchev–Trinajstić information content (AvgIpc) is 3.46. The zero-order valence-electron chi connectivity index (χ0n) is 19.0. The maximum atomic E-state index is 11.0. The van der Waals surface area contributed by atoms with Gasteiger partial charge in [-0.25, -0.2) is 4.98 Å². The minimum atomic E-state index is -0.742. The quantitative estimate of drug-likeness (QED) is 0.363. The van der Waals surface area contributed by atoms with E-state index in [2.05, 4.69) is 17.3 Å². The van der Waals surface area contributed by atoms with Crippen LogP contribution in [0.2, 0.25) is 0 Å². The Kier molecular flexibility index (Phi) is 7.50. The molecule has 0 fully saturated rings. The molecule has 0 radical (unpaired) electrons. The van der Waals surface area contributed by atoms with Crippen molar-refractivity contribution < 1.29 is 24.1 Å². The van der Waals surface area contributed by atoms with Gasteiger partial charge in [-0.2, -0.15) is 0 Å². The third kappa shape index (κ3) is 5.66. The summed E-state index contributed by atoms with van der Waals surface area (Å²) in [5.74, 6) is 1.59. The van der Waals surface area contributed by atoms with E-state index in [1.807, 2.05) is 36.4 Å². The van der Waals surface area contributed by atoms with Gasteiger partial charge in [-0.3, -0.25) is 4.79 Å². The van der Waals surface area contributed by atoms with Gasteiger partial charge in [-0.05, 0) is 66.6 Å². The lowest BCUT2D eigenvalue weighted by molar-refractivity contribution is -0.137. The first-order valence-corrected chi connectivity index (χ1v) is 12.2. The molecule has 0 aliphatic heterocycles. The summed E-state index contributed by atoms with van der Waals surface area (Å²) in [5.41, 5.74) is 4.46. The largest absolute Gasteiger partial charge is 0.493 e. The van der Waals surface area contributed by atoms with Crippen molar-refractivity contribution in [3.8, 4) is 27.8 Å². The molecule has 4 rings (SSSR count). The molecule has 0 bridgehead atoms. The topological polar surface area (TPSA) is 77.9 Å². The molecule has 2 aromatic carbocycles. The van der Waals surface area contributed by atoms with E-state index in [4.69, 9.17) is 19.3 Å². The van der Waals surface area contributed by atoms with Crippen molar-refractivity contribution in [1.29, 1.82) is 0 Å². The van der Waals surface area contributed by atoms with E-state index in [0.717, 1.165) is 53.3 Å². The molecule has 7 heteroatoms. The number of hydrogen-bond donors (Lipinski definition) is 1. The molecule has 1 atom stereocenters. The van der Waals surface area contributed by atoms with E-state index in [1.165, 1.54) is 5.56 Å². The maximum absolute atomic E-state index is 11.0. The number of ether oxygens (including phenoxy) is 3. The summed E-state index contributed by atoms with van der Waals surface area (Å²) in [5, 5.41) is 12.1. The fourth-order valence-electron chi connectivity index (χ4n) is 4.15. The summed E-state index contributed by atoms with van der Waals surface area (Å²) >= 11 is 1.63. The van der Waals surface area contributed by atoms with Crippen LogP contribution in [0.1, 0.15) is 48.9 Å². The molecule has 1 aliphatic rings. The normalized spacial score (nSPS) is 14.7. The van der Waals surface area contributed by atoms with Crippen molar-refractivity contribution in [1.82, 2.24) is 4.98 Å². The third-order valence-electron chi connectivity index (χ3n) is 5.88. The Hall–Kier alpha value is -3.06. The monoisotopic (exact) mass is 467 g/mol. The summed E-state index contributed by atoms with van der Waals surface area (Å²) in [6.45, 7) is 3.15. The molecule has 1 aliphatic carbocycles. The number of aromatic nitrogens is 1. The molecule has 3 aromatic rings. The van der Waals surface area contributed by atoms with Crippen LogP contribution >= 0.6 is 11.3 Å². The lowest BCUT2D eigenvalue weighted by Gasteiger charge is -2.13. The smallest absolute Gasteiger partial charge is 0.303 e. The Bertz CT molecular complexity index is 1110. The van der Waals surface area contributed by atoms with Gasteiger partial charge in [0.15, 0.2) is 11.5 Å². The zero-order chi connectivity index (χ0) is 23.2. The Morgan fingerprint density at radius 1 is 1.15 bits per heavy atom. The van der Waals surface area contributed by atoms with Gasteiger partial charge >= 0.3 is 5.97 Å². The number of benzene rings is 2. The van der Waals surface area contributed by atoms with Gasteiger partial charge < -0.3 is 19.3 Å². The summed E-state index contributed by atoms with van der Waals surface area (Å²) in [7, 11) is 1.64. The molecule has 1 heterocycles. The summed E-state index contributed by atoms with van der Waals surface area (Å²) in [4.78, 5) is 15.7. The van der Waals surface area contributed by atoms with Crippen LogP contribution in [0.25, 0.3) is 10.6 Å². The van der Waals surface area contributed by atoms with Crippen LogP contribution in [0, 0.1) is 0 Å². The van der Waals surface area contributed by atoms with Gasteiger partial charge in [0.1, 0.15) is 10.8 Å². The first kappa shape index (κ1) is 23.1. The Morgan fingerprint density at radius 3 is 2.76 bits per heavy atom. The number of carboxylic acids is 1. The van der Waals surface area contributed by atoms with Gasteiger partial charge in [-0.15, -0.1) is 11.3 Å². The van der Waals surface area contributed by atoms with E-state index in [1.54, 1.807) is 18.4 Å². The third-order valence-corrected chi connectivity index (χ3v) is 6.82.